The van der Waals surface area contributed by atoms with E-state index >= 15 is 0 Å². The number of carbonyl (C=O) groups is 1. The number of anilines is 1. The quantitative estimate of drug-likeness (QED) is 0.446. The van der Waals surface area contributed by atoms with E-state index in [0.29, 0.717) is 11.5 Å². The maximum Gasteiger partial charge on any atom is 0.433 e. The van der Waals surface area contributed by atoms with Crippen molar-refractivity contribution >= 4 is 28.8 Å². The first-order valence-electron chi connectivity index (χ1n) is 7.72. The molecule has 0 radical (unpaired) electrons. The summed E-state index contributed by atoms with van der Waals surface area (Å²) in [6, 6.07) is 19.3. The van der Waals surface area contributed by atoms with Crippen molar-refractivity contribution in [3.8, 4) is 5.69 Å². The van der Waals surface area contributed by atoms with Crippen LogP contribution in [0, 0.1) is 10.1 Å². The SMILES string of the molecule is O=C(Nc1nc2ccccc2n1-c1ccccc1)c1ccc([N+](=O)[O-])o1. The van der Waals surface area contributed by atoms with Gasteiger partial charge >= 0.3 is 5.88 Å². The molecule has 2 aromatic heterocycles. The van der Waals surface area contributed by atoms with Gasteiger partial charge in [-0.15, -0.1) is 0 Å². The number of benzene rings is 2. The highest BCUT2D eigenvalue weighted by Gasteiger charge is 2.20. The topological polar surface area (TPSA) is 103 Å². The average molecular weight is 348 g/mol. The zero-order chi connectivity index (χ0) is 18.1. The van der Waals surface area contributed by atoms with E-state index in [1.165, 1.54) is 6.07 Å². The van der Waals surface area contributed by atoms with Crippen LogP contribution >= 0.6 is 0 Å². The maximum atomic E-state index is 12.4. The molecule has 2 heterocycles. The third kappa shape index (κ3) is 2.69. The van der Waals surface area contributed by atoms with E-state index in [4.69, 9.17) is 4.42 Å². The molecule has 8 nitrogen and oxygen atoms in total. The fraction of sp³-hybridized carbons (Fsp3) is 0. The second-order valence-corrected chi connectivity index (χ2v) is 5.44. The Hall–Kier alpha value is -3.94. The van der Waals surface area contributed by atoms with Crippen molar-refractivity contribution in [2.45, 2.75) is 0 Å². The summed E-state index contributed by atoms with van der Waals surface area (Å²) in [6.07, 6.45) is 0. The molecule has 1 N–H and O–H groups in total. The molecule has 0 spiro atoms. The smallest absolute Gasteiger partial charge is 0.395 e. The minimum atomic E-state index is -0.698. The van der Waals surface area contributed by atoms with Gasteiger partial charge in [-0.3, -0.25) is 24.8 Å². The van der Waals surface area contributed by atoms with E-state index in [-0.39, 0.29) is 5.76 Å². The lowest BCUT2D eigenvalue weighted by molar-refractivity contribution is -0.402. The van der Waals surface area contributed by atoms with Crippen LogP contribution in [0.15, 0.2) is 71.1 Å². The molecule has 4 aromatic rings. The lowest BCUT2D eigenvalue weighted by atomic mass is 10.3. The van der Waals surface area contributed by atoms with Crippen LogP contribution in [0.4, 0.5) is 11.8 Å². The van der Waals surface area contributed by atoms with Gasteiger partial charge in [0.25, 0.3) is 5.91 Å². The highest BCUT2D eigenvalue weighted by molar-refractivity contribution is 6.02. The first-order chi connectivity index (χ1) is 12.6. The number of amides is 1. The van der Waals surface area contributed by atoms with Gasteiger partial charge in [-0.05, 0) is 30.3 Å². The number of fused-ring (bicyclic) bond motifs is 1. The number of hydrogen-bond donors (Lipinski definition) is 1. The van der Waals surface area contributed by atoms with Gasteiger partial charge in [0.05, 0.1) is 17.1 Å². The minimum absolute atomic E-state index is 0.164. The minimum Gasteiger partial charge on any atom is -0.395 e. The first kappa shape index (κ1) is 15.6. The summed E-state index contributed by atoms with van der Waals surface area (Å²) < 4.78 is 6.75. The summed E-state index contributed by atoms with van der Waals surface area (Å²) in [7, 11) is 0. The second kappa shape index (κ2) is 6.17. The summed E-state index contributed by atoms with van der Waals surface area (Å²) in [6.45, 7) is 0. The highest BCUT2D eigenvalue weighted by atomic mass is 16.6. The zero-order valence-corrected chi connectivity index (χ0v) is 13.3. The molecule has 0 unspecified atom stereocenters. The van der Waals surface area contributed by atoms with Gasteiger partial charge < -0.3 is 4.42 Å². The standard InChI is InChI=1S/C18H12N4O4/c23-17(15-10-11-16(26-15)22(24)25)20-18-19-13-8-4-5-9-14(13)21(18)12-6-2-1-3-7-12/h1-11H,(H,19,20,23). The molecular weight excluding hydrogens is 336 g/mol. The number of nitrogens with one attached hydrogen (secondary N) is 1. The molecule has 128 valence electrons. The summed E-state index contributed by atoms with van der Waals surface area (Å²) in [5.41, 5.74) is 2.35. The van der Waals surface area contributed by atoms with Crippen molar-refractivity contribution in [1.29, 1.82) is 0 Å². The van der Waals surface area contributed by atoms with Gasteiger partial charge in [0.15, 0.2) is 5.76 Å². The molecule has 0 aliphatic heterocycles. The lowest BCUT2D eigenvalue weighted by Crippen LogP contribution is -2.14. The maximum absolute atomic E-state index is 12.4. The summed E-state index contributed by atoms with van der Waals surface area (Å²) in [4.78, 5) is 26.9. The molecule has 0 saturated heterocycles. The Balaban J connectivity index is 1.76. The number of furan rings is 1. The van der Waals surface area contributed by atoms with Crippen LogP contribution in [0.3, 0.4) is 0 Å². The van der Waals surface area contributed by atoms with Crippen molar-refractivity contribution in [2.24, 2.45) is 0 Å². The van der Waals surface area contributed by atoms with Crippen LogP contribution in [0.1, 0.15) is 10.6 Å². The fourth-order valence-corrected chi connectivity index (χ4v) is 2.66. The van der Waals surface area contributed by atoms with E-state index in [1.807, 2.05) is 54.6 Å². The third-order valence-corrected chi connectivity index (χ3v) is 3.80. The van der Waals surface area contributed by atoms with Crippen molar-refractivity contribution in [1.82, 2.24) is 9.55 Å². The zero-order valence-electron chi connectivity index (χ0n) is 13.3. The second-order valence-electron chi connectivity index (χ2n) is 5.44. The van der Waals surface area contributed by atoms with Crippen LogP contribution in [0.5, 0.6) is 0 Å². The van der Waals surface area contributed by atoms with Gasteiger partial charge in [-0.2, -0.15) is 0 Å². The Morgan fingerprint density at radius 1 is 1.04 bits per heavy atom. The third-order valence-electron chi connectivity index (χ3n) is 3.80. The molecular formula is C18H12N4O4. The molecule has 2 aromatic carbocycles. The van der Waals surface area contributed by atoms with Crippen LogP contribution in [0.2, 0.25) is 0 Å². The molecule has 0 aliphatic rings. The van der Waals surface area contributed by atoms with E-state index in [1.54, 1.807) is 4.57 Å². The Morgan fingerprint density at radius 2 is 1.77 bits per heavy atom. The molecule has 26 heavy (non-hydrogen) atoms. The van der Waals surface area contributed by atoms with E-state index < -0.39 is 16.7 Å². The first-order valence-corrected chi connectivity index (χ1v) is 7.72. The van der Waals surface area contributed by atoms with Crippen molar-refractivity contribution in [3.05, 3.63) is 82.6 Å². The molecule has 0 saturated carbocycles. The molecule has 1 amide bonds. The van der Waals surface area contributed by atoms with E-state index in [9.17, 15) is 14.9 Å². The van der Waals surface area contributed by atoms with Crippen LogP contribution in [-0.4, -0.2) is 20.4 Å². The number of carbonyl (C=O) groups excluding carboxylic acids is 1. The van der Waals surface area contributed by atoms with E-state index in [0.717, 1.165) is 17.3 Å². The number of para-hydroxylation sites is 3. The average Bonchev–Trinajstić information content (AvgIpc) is 3.27. The predicted octanol–water partition coefficient (Wildman–Crippen LogP) is 3.78. The Bertz CT molecular complexity index is 1110. The molecule has 0 atom stereocenters. The molecule has 0 fully saturated rings. The number of aromatic nitrogens is 2. The van der Waals surface area contributed by atoms with Gasteiger partial charge in [0, 0.05) is 5.69 Å². The number of rotatable bonds is 4. The number of imidazole rings is 1. The van der Waals surface area contributed by atoms with Crippen molar-refractivity contribution in [3.63, 3.8) is 0 Å². The Kier molecular flexibility index (Phi) is 3.70. The fourth-order valence-electron chi connectivity index (χ4n) is 2.66. The summed E-state index contributed by atoms with van der Waals surface area (Å²) in [5.74, 6) is -0.984. The normalized spacial score (nSPS) is 10.8. The Morgan fingerprint density at radius 3 is 2.50 bits per heavy atom. The predicted molar refractivity (Wildman–Crippen MR) is 94.4 cm³/mol. The van der Waals surface area contributed by atoms with Crippen LogP contribution in [0.25, 0.3) is 16.7 Å². The number of nitrogens with zero attached hydrogens (tertiary/aromatic N) is 3. The summed E-state index contributed by atoms with van der Waals surface area (Å²) in [5, 5.41) is 13.4. The van der Waals surface area contributed by atoms with Gasteiger partial charge in [0.1, 0.15) is 4.92 Å². The van der Waals surface area contributed by atoms with Crippen molar-refractivity contribution < 1.29 is 14.1 Å². The molecule has 4 rings (SSSR count). The molecule has 8 heteroatoms. The number of hydrogen-bond acceptors (Lipinski definition) is 5. The van der Waals surface area contributed by atoms with Crippen LogP contribution in [-0.2, 0) is 0 Å². The number of nitro groups is 1. The van der Waals surface area contributed by atoms with Gasteiger partial charge in [-0.1, -0.05) is 30.3 Å². The monoisotopic (exact) mass is 348 g/mol. The van der Waals surface area contributed by atoms with Crippen LogP contribution < -0.4 is 5.32 Å². The highest BCUT2D eigenvalue weighted by Crippen LogP contribution is 2.25. The largest absolute Gasteiger partial charge is 0.433 e. The molecule has 0 aliphatic carbocycles. The van der Waals surface area contributed by atoms with Gasteiger partial charge in [-0.25, -0.2) is 4.98 Å². The molecule has 0 bridgehead atoms. The van der Waals surface area contributed by atoms with Gasteiger partial charge in [0.2, 0.25) is 5.95 Å². The Labute approximate surface area is 146 Å². The van der Waals surface area contributed by atoms with Crippen molar-refractivity contribution in [2.75, 3.05) is 5.32 Å². The lowest BCUT2D eigenvalue weighted by Gasteiger charge is -2.09. The summed E-state index contributed by atoms with van der Waals surface area (Å²) >= 11 is 0. The van der Waals surface area contributed by atoms with E-state index in [2.05, 4.69) is 10.3 Å².